The number of aliphatic hydroxyl groups is 1. The van der Waals surface area contributed by atoms with Gasteiger partial charge in [-0.1, -0.05) is 6.42 Å². The molecule has 4 rings (SSSR count). The van der Waals surface area contributed by atoms with Gasteiger partial charge in [0, 0.05) is 24.0 Å². The van der Waals surface area contributed by atoms with Crippen LogP contribution >= 0.6 is 0 Å². The van der Waals surface area contributed by atoms with E-state index in [0.29, 0.717) is 23.8 Å². The number of amides is 2. The molecule has 1 fully saturated rings. The highest BCUT2D eigenvalue weighted by Crippen LogP contribution is 2.31. The van der Waals surface area contributed by atoms with Crippen molar-refractivity contribution < 1.29 is 14.7 Å². The fourth-order valence-electron chi connectivity index (χ4n) is 3.76. The number of aromatic nitrogens is 2. The molecule has 2 amide bonds. The summed E-state index contributed by atoms with van der Waals surface area (Å²) in [7, 11) is 0. The molecule has 0 unspecified atom stereocenters. The maximum Gasteiger partial charge on any atom is 0.270 e. The van der Waals surface area contributed by atoms with E-state index in [0.717, 1.165) is 36.9 Å². The van der Waals surface area contributed by atoms with E-state index < -0.39 is 5.91 Å². The predicted octanol–water partition coefficient (Wildman–Crippen LogP) is 0.682. The summed E-state index contributed by atoms with van der Waals surface area (Å²) in [6.07, 6.45) is 5.32. The van der Waals surface area contributed by atoms with E-state index in [1.807, 2.05) is 6.07 Å². The van der Waals surface area contributed by atoms with Crippen LogP contribution in [0.2, 0.25) is 0 Å². The number of rotatable bonds is 7. The second-order valence-electron chi connectivity index (χ2n) is 7.56. The van der Waals surface area contributed by atoms with Gasteiger partial charge in [0.25, 0.3) is 11.8 Å². The topological polar surface area (TPSA) is 154 Å². The summed E-state index contributed by atoms with van der Waals surface area (Å²) >= 11 is 0. The van der Waals surface area contributed by atoms with E-state index in [4.69, 9.17) is 5.84 Å². The second kappa shape index (κ2) is 8.64. The number of nitrogen functional groups attached to an aromatic ring is 1. The van der Waals surface area contributed by atoms with E-state index >= 15 is 0 Å². The normalized spacial score (nSPS) is 16.7. The Labute approximate surface area is 173 Å². The van der Waals surface area contributed by atoms with E-state index in [-0.39, 0.29) is 30.1 Å². The second-order valence-corrected chi connectivity index (χ2v) is 7.56. The molecule has 2 heterocycles. The van der Waals surface area contributed by atoms with Gasteiger partial charge in [0.2, 0.25) is 5.95 Å². The molecule has 1 aliphatic heterocycles. The lowest BCUT2D eigenvalue weighted by molar-refractivity contribution is 0.0941. The molecule has 30 heavy (non-hydrogen) atoms. The molecule has 158 valence electrons. The summed E-state index contributed by atoms with van der Waals surface area (Å²) in [5, 5.41) is 18.9. The van der Waals surface area contributed by atoms with E-state index in [2.05, 4.69) is 31.3 Å². The maximum absolute atomic E-state index is 12.1. The zero-order chi connectivity index (χ0) is 21.1. The number of nitrogens with one attached hydrogen (secondary N) is 4. The first-order valence-corrected chi connectivity index (χ1v) is 10.0. The monoisotopic (exact) mass is 411 g/mol. The molecule has 2 aliphatic rings. The summed E-state index contributed by atoms with van der Waals surface area (Å²) in [5.41, 5.74) is 4.65. The van der Waals surface area contributed by atoms with Crippen LogP contribution in [0.5, 0.6) is 0 Å². The first kappa shape index (κ1) is 20.0. The van der Waals surface area contributed by atoms with Crippen molar-refractivity contribution >= 4 is 29.3 Å². The highest BCUT2D eigenvalue weighted by atomic mass is 16.3. The van der Waals surface area contributed by atoms with Crippen LogP contribution in [0.25, 0.3) is 0 Å². The molecule has 10 nitrogen and oxygen atoms in total. The standard InChI is InChI=1S/C20H25N7O3/c21-27-19(30)15-9-23-20(26-17(15)25-16(10-28)11-2-1-3-11)24-13-4-5-14-12(8-13)6-7-22-18(14)29/h4-5,8-9,11,16,28H,1-3,6-7,10,21H2,(H,22,29)(H,27,30)(H2,23,24,25,26)/t16-/m1/s1. The number of hydrogen-bond acceptors (Lipinski definition) is 8. The number of carbonyl (C=O) groups is 2. The van der Waals surface area contributed by atoms with Crippen molar-refractivity contribution in [2.24, 2.45) is 11.8 Å². The molecule has 10 heteroatoms. The Hall–Kier alpha value is -3.24. The average molecular weight is 411 g/mol. The molecule has 7 N–H and O–H groups in total. The molecule has 1 saturated carbocycles. The van der Waals surface area contributed by atoms with Gasteiger partial charge in [-0.25, -0.2) is 10.8 Å². The molecule has 1 aromatic heterocycles. The van der Waals surface area contributed by atoms with Crippen LogP contribution in [0.15, 0.2) is 24.4 Å². The Morgan fingerprint density at radius 2 is 2.20 bits per heavy atom. The SMILES string of the molecule is NNC(=O)c1cnc(Nc2ccc3c(c2)CCNC3=O)nc1N[C@H](CO)C1CCC1. The molecule has 0 spiro atoms. The Morgan fingerprint density at radius 3 is 2.90 bits per heavy atom. The van der Waals surface area contributed by atoms with Gasteiger partial charge < -0.3 is 21.1 Å². The quantitative estimate of drug-likeness (QED) is 0.221. The minimum atomic E-state index is -0.519. The number of hydrogen-bond donors (Lipinski definition) is 6. The summed E-state index contributed by atoms with van der Waals surface area (Å²) < 4.78 is 0. The van der Waals surface area contributed by atoms with Crippen molar-refractivity contribution in [2.45, 2.75) is 31.7 Å². The lowest BCUT2D eigenvalue weighted by Gasteiger charge is -2.33. The Bertz CT molecular complexity index is 961. The van der Waals surface area contributed by atoms with Crippen LogP contribution in [0.1, 0.15) is 45.5 Å². The Morgan fingerprint density at radius 1 is 1.37 bits per heavy atom. The molecule has 0 saturated heterocycles. The fourth-order valence-corrected chi connectivity index (χ4v) is 3.76. The number of fused-ring (bicyclic) bond motifs is 1. The van der Waals surface area contributed by atoms with Crippen LogP contribution in [-0.4, -0.2) is 46.1 Å². The van der Waals surface area contributed by atoms with Crippen LogP contribution in [0.3, 0.4) is 0 Å². The fraction of sp³-hybridized carbons (Fsp3) is 0.400. The molecule has 1 aliphatic carbocycles. The van der Waals surface area contributed by atoms with Crippen molar-refractivity contribution in [2.75, 3.05) is 23.8 Å². The highest BCUT2D eigenvalue weighted by Gasteiger charge is 2.28. The number of nitrogens with zero attached hydrogens (tertiary/aromatic N) is 2. The van der Waals surface area contributed by atoms with Gasteiger partial charge in [0.1, 0.15) is 11.4 Å². The smallest absolute Gasteiger partial charge is 0.270 e. The third kappa shape index (κ3) is 4.05. The Balaban J connectivity index is 1.59. The number of nitrogens with two attached hydrogens (primary N) is 1. The van der Waals surface area contributed by atoms with Gasteiger partial charge in [-0.2, -0.15) is 4.98 Å². The van der Waals surface area contributed by atoms with E-state index in [1.165, 1.54) is 6.20 Å². The van der Waals surface area contributed by atoms with Gasteiger partial charge >= 0.3 is 0 Å². The Kier molecular flexibility index (Phi) is 5.77. The highest BCUT2D eigenvalue weighted by molar-refractivity contribution is 5.98. The van der Waals surface area contributed by atoms with Crippen molar-refractivity contribution in [1.82, 2.24) is 20.7 Å². The van der Waals surface area contributed by atoms with Gasteiger partial charge in [0.05, 0.1) is 12.6 Å². The number of carbonyl (C=O) groups excluding carboxylic acids is 2. The van der Waals surface area contributed by atoms with E-state index in [9.17, 15) is 14.7 Å². The lowest BCUT2D eigenvalue weighted by atomic mass is 9.80. The van der Waals surface area contributed by atoms with Crippen molar-refractivity contribution in [1.29, 1.82) is 0 Å². The molecule has 0 radical (unpaired) electrons. The summed E-state index contributed by atoms with van der Waals surface area (Å²) in [6, 6.07) is 5.25. The number of hydrazine groups is 1. The first-order chi connectivity index (χ1) is 14.6. The van der Waals surface area contributed by atoms with Crippen molar-refractivity contribution in [3.63, 3.8) is 0 Å². The molecule has 0 bridgehead atoms. The number of benzene rings is 1. The third-order valence-corrected chi connectivity index (χ3v) is 5.69. The zero-order valence-corrected chi connectivity index (χ0v) is 16.4. The zero-order valence-electron chi connectivity index (χ0n) is 16.4. The van der Waals surface area contributed by atoms with Crippen LogP contribution in [0.4, 0.5) is 17.5 Å². The summed E-state index contributed by atoms with van der Waals surface area (Å²) in [5.74, 6) is 5.62. The van der Waals surface area contributed by atoms with Gasteiger partial charge in [0.15, 0.2) is 0 Å². The molecular formula is C20H25N7O3. The third-order valence-electron chi connectivity index (χ3n) is 5.69. The molecule has 1 aromatic carbocycles. The minimum Gasteiger partial charge on any atom is -0.394 e. The van der Waals surface area contributed by atoms with Crippen LogP contribution in [0, 0.1) is 5.92 Å². The molecule has 1 atom stereocenters. The van der Waals surface area contributed by atoms with Crippen molar-refractivity contribution in [3.05, 3.63) is 41.1 Å². The van der Waals surface area contributed by atoms with E-state index in [1.54, 1.807) is 12.1 Å². The van der Waals surface area contributed by atoms with Crippen LogP contribution in [-0.2, 0) is 6.42 Å². The van der Waals surface area contributed by atoms with Gasteiger partial charge in [-0.15, -0.1) is 0 Å². The van der Waals surface area contributed by atoms with Crippen LogP contribution < -0.4 is 27.2 Å². The predicted molar refractivity (Wildman–Crippen MR) is 111 cm³/mol. The molecule has 2 aromatic rings. The summed E-state index contributed by atoms with van der Waals surface area (Å²) in [4.78, 5) is 32.7. The summed E-state index contributed by atoms with van der Waals surface area (Å²) in [6.45, 7) is 0.542. The first-order valence-electron chi connectivity index (χ1n) is 10.0. The average Bonchev–Trinajstić information content (AvgIpc) is 2.71. The number of anilines is 3. The van der Waals surface area contributed by atoms with Gasteiger partial charge in [-0.05, 0) is 48.9 Å². The largest absolute Gasteiger partial charge is 0.394 e. The lowest BCUT2D eigenvalue weighted by Crippen LogP contribution is -2.38. The minimum absolute atomic E-state index is 0.0615. The maximum atomic E-state index is 12.1. The molecular weight excluding hydrogens is 386 g/mol. The van der Waals surface area contributed by atoms with Gasteiger partial charge in [-0.3, -0.25) is 15.0 Å². The number of aliphatic hydroxyl groups excluding tert-OH is 1. The van der Waals surface area contributed by atoms with Crippen molar-refractivity contribution in [3.8, 4) is 0 Å².